The summed E-state index contributed by atoms with van der Waals surface area (Å²) in [6.07, 6.45) is 5.51. The van der Waals surface area contributed by atoms with E-state index >= 15 is 0 Å². The molecular formula is C11H22N2O. The van der Waals surface area contributed by atoms with Crippen LogP contribution in [0.1, 0.15) is 39.0 Å². The monoisotopic (exact) mass is 198 g/mol. The van der Waals surface area contributed by atoms with Crippen molar-refractivity contribution in [2.75, 3.05) is 13.1 Å². The summed E-state index contributed by atoms with van der Waals surface area (Å²) < 4.78 is 0. The lowest BCUT2D eigenvalue weighted by molar-refractivity contribution is -0.0174. The minimum atomic E-state index is -0.431. The first kappa shape index (κ1) is 10.4. The highest BCUT2D eigenvalue weighted by Crippen LogP contribution is 2.28. The summed E-state index contributed by atoms with van der Waals surface area (Å²) in [6.45, 7) is 3.98. The molecule has 0 aromatic carbocycles. The smallest absolute Gasteiger partial charge is 0.0644 e. The van der Waals surface area contributed by atoms with Gasteiger partial charge in [0.1, 0.15) is 0 Å². The van der Waals surface area contributed by atoms with Gasteiger partial charge in [-0.05, 0) is 32.6 Å². The molecule has 3 heteroatoms. The second-order valence-corrected chi connectivity index (χ2v) is 5.20. The normalized spacial score (nSPS) is 38.8. The van der Waals surface area contributed by atoms with E-state index in [1.165, 1.54) is 19.3 Å². The molecule has 3 nitrogen and oxygen atoms in total. The number of piperidine rings is 1. The standard InChI is InChI=1S/C11H22N2O/c1-11(14)5-7-13(8-6-11)10-4-2-3-9(10)12/h9-10,14H,2-8,12H2,1H3. The Kier molecular flexibility index (Phi) is 2.82. The number of hydrogen-bond donors (Lipinski definition) is 2. The van der Waals surface area contributed by atoms with Crippen LogP contribution in [0.5, 0.6) is 0 Å². The van der Waals surface area contributed by atoms with E-state index < -0.39 is 5.60 Å². The highest BCUT2D eigenvalue weighted by atomic mass is 16.3. The van der Waals surface area contributed by atoms with Crippen molar-refractivity contribution < 1.29 is 5.11 Å². The van der Waals surface area contributed by atoms with E-state index in [1.54, 1.807) is 0 Å². The van der Waals surface area contributed by atoms with Crippen molar-refractivity contribution >= 4 is 0 Å². The number of nitrogens with two attached hydrogens (primary N) is 1. The molecule has 0 aromatic heterocycles. The van der Waals surface area contributed by atoms with Gasteiger partial charge in [0.05, 0.1) is 5.60 Å². The molecule has 0 bridgehead atoms. The van der Waals surface area contributed by atoms with Gasteiger partial charge < -0.3 is 10.8 Å². The van der Waals surface area contributed by atoms with Crippen molar-refractivity contribution in [3.63, 3.8) is 0 Å². The van der Waals surface area contributed by atoms with Crippen molar-refractivity contribution in [1.29, 1.82) is 0 Å². The first-order valence-corrected chi connectivity index (χ1v) is 5.80. The van der Waals surface area contributed by atoms with Crippen molar-refractivity contribution in [3.8, 4) is 0 Å². The minimum absolute atomic E-state index is 0.373. The van der Waals surface area contributed by atoms with E-state index in [9.17, 15) is 5.11 Å². The minimum Gasteiger partial charge on any atom is -0.390 e. The van der Waals surface area contributed by atoms with Gasteiger partial charge in [-0.2, -0.15) is 0 Å². The summed E-state index contributed by atoms with van der Waals surface area (Å²) in [6, 6.07) is 0.962. The second-order valence-electron chi connectivity index (χ2n) is 5.20. The summed E-state index contributed by atoms with van der Waals surface area (Å²) in [5.74, 6) is 0. The molecule has 1 heterocycles. The Bertz CT molecular complexity index is 195. The molecule has 1 aliphatic carbocycles. The van der Waals surface area contributed by atoms with Crippen LogP contribution in [0, 0.1) is 0 Å². The molecule has 2 unspecified atom stereocenters. The molecule has 14 heavy (non-hydrogen) atoms. The zero-order valence-electron chi connectivity index (χ0n) is 9.08. The SMILES string of the molecule is CC1(O)CCN(C2CCCC2N)CC1. The van der Waals surface area contributed by atoms with E-state index in [1.807, 2.05) is 6.92 Å². The van der Waals surface area contributed by atoms with Crippen LogP contribution in [-0.4, -0.2) is 40.8 Å². The molecule has 3 N–H and O–H groups in total. The molecule has 1 aliphatic heterocycles. The number of nitrogens with zero attached hydrogens (tertiary/aromatic N) is 1. The molecule has 0 amide bonds. The van der Waals surface area contributed by atoms with Crippen molar-refractivity contribution in [2.45, 2.75) is 56.7 Å². The maximum Gasteiger partial charge on any atom is 0.0644 e. The fraction of sp³-hybridized carbons (Fsp3) is 1.00. The number of rotatable bonds is 1. The van der Waals surface area contributed by atoms with Gasteiger partial charge in [0, 0.05) is 25.2 Å². The maximum absolute atomic E-state index is 9.84. The molecule has 0 aromatic rings. The number of aliphatic hydroxyl groups is 1. The molecule has 2 atom stereocenters. The Balaban J connectivity index is 1.89. The highest BCUT2D eigenvalue weighted by Gasteiger charge is 2.34. The third-order valence-electron chi connectivity index (χ3n) is 3.88. The largest absolute Gasteiger partial charge is 0.390 e. The average Bonchev–Trinajstić information content (AvgIpc) is 2.52. The lowest BCUT2D eigenvalue weighted by Gasteiger charge is -2.40. The summed E-state index contributed by atoms with van der Waals surface area (Å²) in [5.41, 5.74) is 5.64. The van der Waals surface area contributed by atoms with Gasteiger partial charge in [-0.15, -0.1) is 0 Å². The second kappa shape index (κ2) is 3.80. The summed E-state index contributed by atoms with van der Waals surface area (Å²) >= 11 is 0. The van der Waals surface area contributed by atoms with Crippen LogP contribution < -0.4 is 5.73 Å². The zero-order chi connectivity index (χ0) is 10.2. The van der Waals surface area contributed by atoms with E-state index in [2.05, 4.69) is 4.90 Å². The van der Waals surface area contributed by atoms with Crippen LogP contribution in [-0.2, 0) is 0 Å². The van der Waals surface area contributed by atoms with Crippen LogP contribution in [0.15, 0.2) is 0 Å². The first-order chi connectivity index (χ1) is 6.58. The molecule has 2 aliphatic rings. The molecule has 1 saturated heterocycles. The van der Waals surface area contributed by atoms with Crippen molar-refractivity contribution in [1.82, 2.24) is 4.90 Å². The lowest BCUT2D eigenvalue weighted by atomic mass is 9.92. The molecule has 82 valence electrons. The van der Waals surface area contributed by atoms with Crippen LogP contribution in [0.4, 0.5) is 0 Å². The highest BCUT2D eigenvalue weighted by molar-refractivity contribution is 4.92. The Morgan fingerprint density at radius 1 is 1.29 bits per heavy atom. The summed E-state index contributed by atoms with van der Waals surface area (Å²) in [4.78, 5) is 2.48. The predicted molar refractivity (Wildman–Crippen MR) is 57.0 cm³/mol. The Morgan fingerprint density at radius 2 is 1.93 bits per heavy atom. The average molecular weight is 198 g/mol. The van der Waals surface area contributed by atoms with E-state index in [0.29, 0.717) is 12.1 Å². The molecule has 0 radical (unpaired) electrons. The van der Waals surface area contributed by atoms with E-state index in [-0.39, 0.29) is 0 Å². The van der Waals surface area contributed by atoms with Gasteiger partial charge >= 0.3 is 0 Å². The summed E-state index contributed by atoms with van der Waals surface area (Å²) in [5, 5.41) is 9.84. The van der Waals surface area contributed by atoms with Gasteiger partial charge in [0.25, 0.3) is 0 Å². The van der Waals surface area contributed by atoms with E-state index in [4.69, 9.17) is 5.73 Å². The molecule has 2 fully saturated rings. The van der Waals surface area contributed by atoms with Gasteiger partial charge in [-0.1, -0.05) is 6.42 Å². The molecule has 1 saturated carbocycles. The van der Waals surface area contributed by atoms with Gasteiger partial charge in [-0.3, -0.25) is 4.90 Å². The molecule has 0 spiro atoms. The van der Waals surface area contributed by atoms with Crippen molar-refractivity contribution in [2.24, 2.45) is 5.73 Å². The molecular weight excluding hydrogens is 176 g/mol. The van der Waals surface area contributed by atoms with Crippen molar-refractivity contribution in [3.05, 3.63) is 0 Å². The fourth-order valence-electron chi connectivity index (χ4n) is 2.76. The quantitative estimate of drug-likeness (QED) is 0.652. The van der Waals surface area contributed by atoms with Crippen LogP contribution in [0.3, 0.4) is 0 Å². The maximum atomic E-state index is 9.84. The van der Waals surface area contributed by atoms with Gasteiger partial charge in [0.2, 0.25) is 0 Å². The number of likely N-dealkylation sites (tertiary alicyclic amines) is 1. The van der Waals surface area contributed by atoms with Gasteiger partial charge in [0.15, 0.2) is 0 Å². The zero-order valence-corrected chi connectivity index (χ0v) is 9.08. The van der Waals surface area contributed by atoms with Crippen LogP contribution in [0.2, 0.25) is 0 Å². The van der Waals surface area contributed by atoms with Gasteiger partial charge in [-0.25, -0.2) is 0 Å². The number of hydrogen-bond acceptors (Lipinski definition) is 3. The predicted octanol–water partition coefficient (Wildman–Crippen LogP) is 0.713. The summed E-state index contributed by atoms with van der Waals surface area (Å²) in [7, 11) is 0. The Labute approximate surface area is 86.3 Å². The fourth-order valence-corrected chi connectivity index (χ4v) is 2.76. The topological polar surface area (TPSA) is 49.5 Å². The first-order valence-electron chi connectivity index (χ1n) is 5.80. The van der Waals surface area contributed by atoms with E-state index in [0.717, 1.165) is 25.9 Å². The molecule has 2 rings (SSSR count). The van der Waals surface area contributed by atoms with Crippen LogP contribution in [0.25, 0.3) is 0 Å². The van der Waals surface area contributed by atoms with Crippen LogP contribution >= 0.6 is 0 Å². The lowest BCUT2D eigenvalue weighted by Crippen LogP contribution is -2.51. The Morgan fingerprint density at radius 3 is 2.43 bits per heavy atom. The third kappa shape index (κ3) is 2.10. The Hall–Kier alpha value is -0.120. The third-order valence-corrected chi connectivity index (χ3v) is 3.88.